The van der Waals surface area contributed by atoms with Crippen molar-refractivity contribution in [3.8, 4) is 0 Å². The smallest absolute Gasteiger partial charge is 0.328 e. The molecule has 1 aliphatic rings. The Bertz CT molecular complexity index is 423. The number of hydrogen-bond acceptors (Lipinski definition) is 3. The second kappa shape index (κ2) is 7.81. The Morgan fingerprint density at radius 2 is 1.81 bits per heavy atom. The highest BCUT2D eigenvalue weighted by molar-refractivity contribution is 6.02. The third kappa shape index (κ3) is 6.42. The standard InChI is InChI=1S/C15H24N2O4/c1-11(2)9-15(7-3-4-8-15)10-16-14(21)17-12(18)5-6-13(19)20/h5-6,11H,3-4,7-10H2,1-2H3,(H,19,20)(H2,16,17,18,21)/b6-5+. The third-order valence-electron chi connectivity index (χ3n) is 3.74. The van der Waals surface area contributed by atoms with Crippen LogP contribution in [0.5, 0.6) is 0 Å². The number of nitrogens with one attached hydrogen (secondary N) is 2. The molecule has 1 fully saturated rings. The largest absolute Gasteiger partial charge is 0.478 e. The number of carboxylic acids is 1. The summed E-state index contributed by atoms with van der Waals surface area (Å²) in [5.41, 5.74) is 0.130. The zero-order valence-electron chi connectivity index (χ0n) is 12.6. The fourth-order valence-electron chi connectivity index (χ4n) is 3.06. The van der Waals surface area contributed by atoms with Crippen molar-refractivity contribution in [3.63, 3.8) is 0 Å². The van der Waals surface area contributed by atoms with Crippen LogP contribution in [0.3, 0.4) is 0 Å². The predicted molar refractivity (Wildman–Crippen MR) is 78.7 cm³/mol. The molecule has 118 valence electrons. The molecule has 6 nitrogen and oxygen atoms in total. The summed E-state index contributed by atoms with van der Waals surface area (Å²) in [7, 11) is 0. The van der Waals surface area contributed by atoms with Crippen LogP contribution >= 0.6 is 0 Å². The SMILES string of the molecule is CC(C)CC1(CNC(=O)NC(=O)/C=C/C(=O)O)CCCC1. The molecule has 0 aromatic heterocycles. The molecule has 21 heavy (non-hydrogen) atoms. The average Bonchev–Trinajstić information content (AvgIpc) is 2.82. The first-order chi connectivity index (χ1) is 9.83. The Morgan fingerprint density at radius 1 is 1.19 bits per heavy atom. The lowest BCUT2D eigenvalue weighted by atomic mass is 9.78. The molecule has 0 aliphatic heterocycles. The van der Waals surface area contributed by atoms with E-state index in [9.17, 15) is 14.4 Å². The number of aliphatic carboxylic acids is 1. The number of urea groups is 1. The Kier molecular flexibility index (Phi) is 6.39. The van der Waals surface area contributed by atoms with Gasteiger partial charge in [0.05, 0.1) is 0 Å². The molecule has 3 N–H and O–H groups in total. The van der Waals surface area contributed by atoms with Gasteiger partial charge in [0, 0.05) is 18.7 Å². The van der Waals surface area contributed by atoms with Gasteiger partial charge in [-0.15, -0.1) is 0 Å². The van der Waals surface area contributed by atoms with Crippen LogP contribution in [0.4, 0.5) is 4.79 Å². The van der Waals surface area contributed by atoms with E-state index in [2.05, 4.69) is 24.5 Å². The van der Waals surface area contributed by atoms with Crippen molar-refractivity contribution in [1.82, 2.24) is 10.6 Å². The van der Waals surface area contributed by atoms with E-state index in [1.165, 1.54) is 12.8 Å². The van der Waals surface area contributed by atoms with E-state index in [0.717, 1.165) is 25.3 Å². The summed E-state index contributed by atoms with van der Waals surface area (Å²) in [6.07, 6.45) is 7.12. The summed E-state index contributed by atoms with van der Waals surface area (Å²) < 4.78 is 0. The molecule has 0 bridgehead atoms. The maximum Gasteiger partial charge on any atom is 0.328 e. The fraction of sp³-hybridized carbons (Fsp3) is 0.667. The minimum Gasteiger partial charge on any atom is -0.478 e. The first-order valence-electron chi connectivity index (χ1n) is 7.33. The van der Waals surface area contributed by atoms with Crippen LogP contribution in [-0.4, -0.2) is 29.6 Å². The molecule has 0 unspecified atom stereocenters. The second-order valence-corrected chi connectivity index (χ2v) is 6.15. The number of carbonyl (C=O) groups is 3. The van der Waals surface area contributed by atoms with Crippen molar-refractivity contribution in [3.05, 3.63) is 12.2 Å². The molecule has 0 aromatic carbocycles. The highest BCUT2D eigenvalue weighted by atomic mass is 16.4. The average molecular weight is 296 g/mol. The fourth-order valence-corrected chi connectivity index (χ4v) is 3.06. The monoisotopic (exact) mass is 296 g/mol. The Morgan fingerprint density at radius 3 is 2.33 bits per heavy atom. The van der Waals surface area contributed by atoms with Crippen molar-refractivity contribution in [1.29, 1.82) is 0 Å². The number of rotatable bonds is 6. The van der Waals surface area contributed by atoms with Crippen molar-refractivity contribution >= 4 is 17.9 Å². The van der Waals surface area contributed by atoms with Crippen molar-refractivity contribution in [2.45, 2.75) is 46.0 Å². The third-order valence-corrected chi connectivity index (χ3v) is 3.74. The van der Waals surface area contributed by atoms with E-state index in [0.29, 0.717) is 18.5 Å². The molecule has 0 radical (unpaired) electrons. The van der Waals surface area contributed by atoms with E-state index in [-0.39, 0.29) is 5.41 Å². The van der Waals surface area contributed by atoms with Gasteiger partial charge in [-0.3, -0.25) is 10.1 Å². The molecule has 0 atom stereocenters. The summed E-state index contributed by atoms with van der Waals surface area (Å²) >= 11 is 0. The molecule has 1 rings (SSSR count). The quantitative estimate of drug-likeness (QED) is 0.654. The van der Waals surface area contributed by atoms with Crippen molar-refractivity contribution in [2.75, 3.05) is 6.54 Å². The first-order valence-corrected chi connectivity index (χ1v) is 7.33. The maximum atomic E-state index is 11.7. The van der Waals surface area contributed by atoms with Gasteiger partial charge in [-0.1, -0.05) is 26.7 Å². The van der Waals surface area contributed by atoms with Crippen LogP contribution in [0.15, 0.2) is 12.2 Å². The molecular weight excluding hydrogens is 272 g/mol. The van der Waals surface area contributed by atoms with Crippen LogP contribution in [0, 0.1) is 11.3 Å². The number of amides is 3. The zero-order valence-corrected chi connectivity index (χ0v) is 12.6. The van der Waals surface area contributed by atoms with E-state index in [1.54, 1.807) is 0 Å². The molecular formula is C15H24N2O4. The predicted octanol–water partition coefficient (Wildman–Crippen LogP) is 2.06. The van der Waals surface area contributed by atoms with E-state index in [1.807, 2.05) is 0 Å². The lowest BCUT2D eigenvalue weighted by molar-refractivity contribution is -0.131. The van der Waals surface area contributed by atoms with Crippen molar-refractivity contribution in [2.24, 2.45) is 11.3 Å². The van der Waals surface area contributed by atoms with Crippen LogP contribution < -0.4 is 10.6 Å². The number of carbonyl (C=O) groups excluding carboxylic acids is 2. The molecule has 6 heteroatoms. The lowest BCUT2D eigenvalue weighted by Crippen LogP contribution is -2.44. The number of hydrogen-bond donors (Lipinski definition) is 3. The summed E-state index contributed by atoms with van der Waals surface area (Å²) in [6.45, 7) is 4.88. The highest BCUT2D eigenvalue weighted by Crippen LogP contribution is 2.42. The maximum absolute atomic E-state index is 11.7. The summed E-state index contributed by atoms with van der Waals surface area (Å²) in [4.78, 5) is 33.2. The van der Waals surface area contributed by atoms with Crippen LogP contribution in [-0.2, 0) is 9.59 Å². The summed E-state index contributed by atoms with van der Waals surface area (Å²) in [5.74, 6) is -1.40. The normalized spacial score (nSPS) is 17.1. The molecule has 0 spiro atoms. The molecule has 0 heterocycles. The van der Waals surface area contributed by atoms with Gasteiger partial charge >= 0.3 is 12.0 Å². The first kappa shape index (κ1) is 17.2. The lowest BCUT2D eigenvalue weighted by Gasteiger charge is -2.31. The van der Waals surface area contributed by atoms with Gasteiger partial charge in [-0.2, -0.15) is 0 Å². The van der Waals surface area contributed by atoms with E-state index < -0.39 is 17.9 Å². The van der Waals surface area contributed by atoms with Gasteiger partial charge in [0.15, 0.2) is 0 Å². The molecule has 1 saturated carbocycles. The van der Waals surface area contributed by atoms with Crippen LogP contribution in [0.2, 0.25) is 0 Å². The van der Waals surface area contributed by atoms with Gasteiger partial charge in [0.1, 0.15) is 0 Å². The Hall–Kier alpha value is -1.85. The van der Waals surface area contributed by atoms with Gasteiger partial charge < -0.3 is 10.4 Å². The molecule has 0 aromatic rings. The van der Waals surface area contributed by atoms with Gasteiger partial charge in [0.2, 0.25) is 0 Å². The van der Waals surface area contributed by atoms with E-state index in [4.69, 9.17) is 5.11 Å². The number of imide groups is 1. The summed E-state index contributed by atoms with van der Waals surface area (Å²) in [6, 6.07) is -0.579. The minimum absolute atomic E-state index is 0.130. The Balaban J connectivity index is 2.43. The Labute approximate surface area is 125 Å². The van der Waals surface area contributed by atoms with Gasteiger partial charge in [0.25, 0.3) is 5.91 Å². The van der Waals surface area contributed by atoms with Gasteiger partial charge in [-0.05, 0) is 30.6 Å². The molecule has 3 amide bonds. The van der Waals surface area contributed by atoms with Gasteiger partial charge in [-0.25, -0.2) is 9.59 Å². The van der Waals surface area contributed by atoms with Crippen LogP contribution in [0.1, 0.15) is 46.0 Å². The molecule has 0 saturated heterocycles. The number of carboxylic acid groups (broad SMARTS) is 1. The topological polar surface area (TPSA) is 95.5 Å². The van der Waals surface area contributed by atoms with Crippen LogP contribution in [0.25, 0.3) is 0 Å². The summed E-state index contributed by atoms with van der Waals surface area (Å²) in [5, 5.41) is 13.2. The second-order valence-electron chi connectivity index (χ2n) is 6.15. The zero-order chi connectivity index (χ0) is 15.9. The van der Waals surface area contributed by atoms with Crippen molar-refractivity contribution < 1.29 is 19.5 Å². The minimum atomic E-state index is -1.23. The molecule has 1 aliphatic carbocycles. The highest BCUT2D eigenvalue weighted by Gasteiger charge is 2.34. The van der Waals surface area contributed by atoms with E-state index >= 15 is 0 Å².